The molecule has 2 rings (SSSR count). The lowest BCUT2D eigenvalue weighted by Gasteiger charge is -2.42. The van der Waals surface area contributed by atoms with Gasteiger partial charge in [-0.15, -0.1) is 0 Å². The summed E-state index contributed by atoms with van der Waals surface area (Å²) in [7, 11) is 0. The second kappa shape index (κ2) is 12.1. The van der Waals surface area contributed by atoms with Gasteiger partial charge in [0.1, 0.15) is 0 Å². The normalized spacial score (nSPS) is 23.4. The zero-order valence-electron chi connectivity index (χ0n) is 22.6. The summed E-state index contributed by atoms with van der Waals surface area (Å²) in [5, 5.41) is 18.8. The molecule has 3 nitrogen and oxygen atoms in total. The maximum absolute atomic E-state index is 14.1. The highest BCUT2D eigenvalue weighted by Gasteiger charge is 2.75. The van der Waals surface area contributed by atoms with E-state index in [0.717, 1.165) is 0 Å². The predicted octanol–water partition coefficient (Wildman–Crippen LogP) is 8.75. The van der Waals surface area contributed by atoms with Crippen molar-refractivity contribution in [2.24, 2.45) is 23.7 Å². The minimum Gasteiger partial charge on any atom is -0.374 e. The van der Waals surface area contributed by atoms with Crippen LogP contribution in [0.4, 0.5) is 79.0 Å². The van der Waals surface area contributed by atoms with E-state index < -0.39 is 116 Å². The summed E-state index contributed by atoms with van der Waals surface area (Å²) in [6.45, 7) is 0.535. The van der Waals surface area contributed by atoms with Crippen molar-refractivity contribution < 1.29 is 94.0 Å². The maximum atomic E-state index is 14.1. The number of rotatable bonds is 11. The van der Waals surface area contributed by atoms with Crippen LogP contribution in [0.25, 0.3) is 0 Å². The first-order valence-corrected chi connectivity index (χ1v) is 12.9. The fourth-order valence-corrected chi connectivity index (χ4v) is 5.71. The second-order valence-corrected chi connectivity index (χ2v) is 11.6. The number of aliphatic hydroxyl groups is 2. The molecule has 21 heteroatoms. The zero-order chi connectivity index (χ0) is 35.5. The van der Waals surface area contributed by atoms with Crippen LogP contribution in [0, 0.1) is 23.7 Å². The summed E-state index contributed by atoms with van der Waals surface area (Å²) in [6.07, 6.45) is -49.9. The minimum absolute atomic E-state index is 0.149. The van der Waals surface area contributed by atoms with Crippen molar-refractivity contribution in [1.82, 2.24) is 0 Å². The van der Waals surface area contributed by atoms with Gasteiger partial charge in [0, 0.05) is 5.92 Å². The molecule has 0 heterocycles. The van der Waals surface area contributed by atoms with Crippen molar-refractivity contribution >= 4 is 0 Å². The van der Waals surface area contributed by atoms with E-state index >= 15 is 0 Å². The Morgan fingerprint density at radius 1 is 0.578 bits per heavy atom. The highest BCUT2D eigenvalue weighted by Crippen LogP contribution is 2.55. The van der Waals surface area contributed by atoms with E-state index in [1.54, 1.807) is 0 Å². The van der Waals surface area contributed by atoms with Crippen molar-refractivity contribution in [3.05, 3.63) is 12.2 Å². The summed E-state index contributed by atoms with van der Waals surface area (Å²) in [5.41, 5.74) is -17.0. The molecule has 2 aliphatic rings. The van der Waals surface area contributed by atoms with E-state index in [9.17, 15) is 89.2 Å². The molecule has 0 aromatic rings. The average molecular weight is 704 g/mol. The number of alkyl halides is 18. The third-order valence-electron chi connectivity index (χ3n) is 8.23. The smallest absolute Gasteiger partial charge is 0.374 e. The molecule has 4 atom stereocenters. The number of fused-ring (bicyclic) bond motifs is 2. The molecule has 45 heavy (non-hydrogen) atoms. The minimum atomic E-state index is -6.78. The Morgan fingerprint density at radius 3 is 1.27 bits per heavy atom. The first-order valence-electron chi connectivity index (χ1n) is 12.9. The molecule has 0 aromatic carbocycles. The lowest BCUT2D eigenvalue weighted by Crippen LogP contribution is -2.61. The standard InChI is InChI=1S/C24H26F18O3/c1-11(8-18(23(37,38)39,24(40,41)42)45-15-7-12-4-5-14(15)6-12)2-3-13(9-16(43,19(25,26)27)20(28,29)30)10-17(44,21(31,32)33)22(34,35)36/h4-5,11-15,43-44H,2-3,6-10H2,1H3. The van der Waals surface area contributed by atoms with Crippen LogP contribution in [0.1, 0.15) is 51.9 Å². The lowest BCUT2D eigenvalue weighted by atomic mass is 9.77. The summed E-state index contributed by atoms with van der Waals surface area (Å²) >= 11 is 0. The Balaban J connectivity index is 2.48. The van der Waals surface area contributed by atoms with E-state index in [0.29, 0.717) is 6.92 Å². The Labute approximate surface area is 242 Å². The van der Waals surface area contributed by atoms with Crippen LogP contribution in [0.3, 0.4) is 0 Å². The van der Waals surface area contributed by atoms with Crippen LogP contribution in [-0.4, -0.2) is 70.2 Å². The molecule has 1 saturated carbocycles. The summed E-state index contributed by atoms with van der Waals surface area (Å²) in [4.78, 5) is 0. The Bertz CT molecular complexity index is 951. The topological polar surface area (TPSA) is 49.7 Å². The second-order valence-electron chi connectivity index (χ2n) is 11.6. The third-order valence-corrected chi connectivity index (χ3v) is 8.23. The fourth-order valence-electron chi connectivity index (χ4n) is 5.71. The summed E-state index contributed by atoms with van der Waals surface area (Å²) in [5.74, 6) is -6.68. The molecule has 0 radical (unpaired) electrons. The number of allylic oxidation sites excluding steroid dienone is 1. The highest BCUT2D eigenvalue weighted by atomic mass is 19.4. The molecule has 0 spiro atoms. The van der Waals surface area contributed by atoms with Gasteiger partial charge in [-0.1, -0.05) is 25.5 Å². The zero-order valence-corrected chi connectivity index (χ0v) is 22.6. The molecule has 1 fully saturated rings. The van der Waals surface area contributed by atoms with Gasteiger partial charge >= 0.3 is 37.1 Å². The fraction of sp³-hybridized carbons (Fsp3) is 0.917. The first-order chi connectivity index (χ1) is 19.7. The van der Waals surface area contributed by atoms with E-state index in [1.807, 2.05) is 0 Å². The van der Waals surface area contributed by atoms with Gasteiger partial charge in [0.25, 0.3) is 16.8 Å². The predicted molar refractivity (Wildman–Crippen MR) is 115 cm³/mol. The molecule has 266 valence electrons. The van der Waals surface area contributed by atoms with Gasteiger partial charge in [0.05, 0.1) is 6.10 Å². The van der Waals surface area contributed by atoms with Crippen molar-refractivity contribution in [3.8, 4) is 0 Å². The van der Waals surface area contributed by atoms with Gasteiger partial charge in [-0.2, -0.15) is 79.0 Å². The maximum Gasteiger partial charge on any atom is 0.426 e. The van der Waals surface area contributed by atoms with E-state index in [-0.39, 0.29) is 12.8 Å². The summed E-state index contributed by atoms with van der Waals surface area (Å²) < 4.78 is 248. The SMILES string of the molecule is CC(CCC(CC(O)(C(F)(F)F)C(F)(F)F)CC(O)(C(F)(F)F)C(F)(F)F)CC(OC1CC2C=CC1C2)(C(F)(F)F)C(F)(F)F. The van der Waals surface area contributed by atoms with Crippen molar-refractivity contribution in [1.29, 1.82) is 0 Å². The molecule has 2 bridgehead atoms. The molecule has 0 saturated heterocycles. The number of halogens is 18. The van der Waals surface area contributed by atoms with E-state index in [1.165, 1.54) is 12.2 Å². The quantitative estimate of drug-likeness (QED) is 0.167. The molecule has 0 aliphatic heterocycles. The number of ether oxygens (including phenoxy) is 1. The van der Waals surface area contributed by atoms with Gasteiger partial charge in [0.2, 0.25) is 0 Å². The van der Waals surface area contributed by atoms with Crippen molar-refractivity contribution in [2.45, 2.75) is 112 Å². The lowest BCUT2D eigenvalue weighted by molar-refractivity contribution is -0.396. The molecule has 2 aliphatic carbocycles. The van der Waals surface area contributed by atoms with Gasteiger partial charge in [-0.3, -0.25) is 0 Å². The van der Waals surface area contributed by atoms with Crippen LogP contribution >= 0.6 is 0 Å². The van der Waals surface area contributed by atoms with Crippen molar-refractivity contribution in [3.63, 3.8) is 0 Å². The van der Waals surface area contributed by atoms with Gasteiger partial charge < -0.3 is 14.9 Å². The first kappa shape index (κ1) is 39.5. The molecular weight excluding hydrogens is 678 g/mol. The van der Waals surface area contributed by atoms with Crippen molar-refractivity contribution in [2.75, 3.05) is 0 Å². The van der Waals surface area contributed by atoms with Crippen LogP contribution in [0.5, 0.6) is 0 Å². The Morgan fingerprint density at radius 2 is 0.978 bits per heavy atom. The Kier molecular flexibility index (Phi) is 10.6. The van der Waals surface area contributed by atoms with Crippen LogP contribution < -0.4 is 0 Å². The average Bonchev–Trinajstić information content (AvgIpc) is 3.41. The monoisotopic (exact) mass is 704 g/mol. The largest absolute Gasteiger partial charge is 0.426 e. The molecule has 0 amide bonds. The molecule has 4 unspecified atom stereocenters. The third kappa shape index (κ3) is 7.75. The van der Waals surface area contributed by atoms with Crippen LogP contribution in [0.2, 0.25) is 0 Å². The van der Waals surface area contributed by atoms with E-state index in [2.05, 4.69) is 4.74 Å². The van der Waals surface area contributed by atoms with Crippen LogP contribution in [-0.2, 0) is 4.74 Å². The number of hydrogen-bond acceptors (Lipinski definition) is 3. The molecule has 2 N–H and O–H groups in total. The molecular formula is C24H26F18O3. The van der Waals surface area contributed by atoms with Gasteiger partial charge in [-0.25, -0.2) is 0 Å². The number of hydrogen-bond donors (Lipinski definition) is 2. The highest BCUT2D eigenvalue weighted by molar-refractivity contribution is 5.12. The summed E-state index contributed by atoms with van der Waals surface area (Å²) in [6, 6.07) is 0. The van der Waals surface area contributed by atoms with Gasteiger partial charge in [0.15, 0.2) is 0 Å². The van der Waals surface area contributed by atoms with E-state index in [4.69, 9.17) is 0 Å². The Hall–Kier alpha value is -1.64. The van der Waals surface area contributed by atoms with Gasteiger partial charge in [-0.05, 0) is 56.3 Å². The molecule has 0 aromatic heterocycles. The van der Waals surface area contributed by atoms with Crippen LogP contribution in [0.15, 0.2) is 12.2 Å².